The summed E-state index contributed by atoms with van der Waals surface area (Å²) in [5.74, 6) is 1.35. The van der Waals surface area contributed by atoms with Crippen molar-refractivity contribution in [3.63, 3.8) is 0 Å². The monoisotopic (exact) mass is 373 g/mol. The summed E-state index contributed by atoms with van der Waals surface area (Å²) in [5.41, 5.74) is 2.01. The number of benzene rings is 1. The highest BCUT2D eigenvalue weighted by Gasteiger charge is 2.15. The third-order valence-electron chi connectivity index (χ3n) is 3.87. The molecule has 7 nitrogen and oxygen atoms in total. The van der Waals surface area contributed by atoms with Crippen LogP contribution >= 0.6 is 11.6 Å². The normalized spacial score (nSPS) is 11.1. The molecule has 0 saturated heterocycles. The van der Waals surface area contributed by atoms with Gasteiger partial charge in [0.25, 0.3) is 5.91 Å². The Kier molecular flexibility index (Phi) is 5.68. The summed E-state index contributed by atoms with van der Waals surface area (Å²) in [7, 11) is 0. The van der Waals surface area contributed by atoms with Gasteiger partial charge in [0, 0.05) is 29.5 Å². The summed E-state index contributed by atoms with van der Waals surface area (Å²) in [6.45, 7) is 4.53. The molecule has 0 aliphatic heterocycles. The fourth-order valence-electron chi connectivity index (χ4n) is 2.44. The van der Waals surface area contributed by atoms with E-state index in [1.807, 2.05) is 26.0 Å². The molecule has 3 rings (SSSR count). The van der Waals surface area contributed by atoms with Gasteiger partial charge in [0.15, 0.2) is 5.82 Å². The predicted molar refractivity (Wildman–Crippen MR) is 98.1 cm³/mol. The van der Waals surface area contributed by atoms with Gasteiger partial charge in [-0.05, 0) is 18.6 Å². The van der Waals surface area contributed by atoms with Crippen molar-refractivity contribution >= 4 is 17.5 Å². The maximum absolute atomic E-state index is 12.4. The van der Waals surface area contributed by atoms with Gasteiger partial charge in [0.1, 0.15) is 0 Å². The van der Waals surface area contributed by atoms with Gasteiger partial charge in [-0.25, -0.2) is 0 Å². The summed E-state index contributed by atoms with van der Waals surface area (Å²) in [4.78, 5) is 16.7. The van der Waals surface area contributed by atoms with Gasteiger partial charge in [0.05, 0.1) is 17.5 Å². The van der Waals surface area contributed by atoms with Gasteiger partial charge < -0.3 is 9.84 Å². The number of hydrogen-bond donors (Lipinski definition) is 2. The van der Waals surface area contributed by atoms with Crippen LogP contribution in [0.3, 0.4) is 0 Å². The number of hydrogen-bond acceptors (Lipinski definition) is 5. The van der Waals surface area contributed by atoms with Crippen LogP contribution < -0.4 is 5.32 Å². The van der Waals surface area contributed by atoms with E-state index in [1.165, 1.54) is 6.20 Å². The highest BCUT2D eigenvalue weighted by molar-refractivity contribution is 6.30. The molecule has 2 N–H and O–H groups in total. The van der Waals surface area contributed by atoms with E-state index in [0.717, 1.165) is 5.56 Å². The first kappa shape index (κ1) is 18.1. The maximum Gasteiger partial charge on any atom is 0.255 e. The zero-order chi connectivity index (χ0) is 18.5. The molecule has 1 amide bonds. The third-order valence-corrected chi connectivity index (χ3v) is 4.12. The lowest BCUT2D eigenvalue weighted by atomic mass is 10.1. The van der Waals surface area contributed by atoms with Crippen LogP contribution in [0.25, 0.3) is 11.3 Å². The lowest BCUT2D eigenvalue weighted by Crippen LogP contribution is -2.25. The van der Waals surface area contributed by atoms with Crippen LogP contribution in [0.15, 0.2) is 35.0 Å². The van der Waals surface area contributed by atoms with Gasteiger partial charge in [0.2, 0.25) is 5.89 Å². The van der Waals surface area contributed by atoms with Crippen LogP contribution in [0.2, 0.25) is 5.02 Å². The lowest BCUT2D eigenvalue weighted by Gasteiger charge is -2.05. The first-order chi connectivity index (χ1) is 12.5. The lowest BCUT2D eigenvalue weighted by molar-refractivity contribution is 0.0953. The van der Waals surface area contributed by atoms with Crippen molar-refractivity contribution in [3.05, 3.63) is 52.8 Å². The number of rotatable bonds is 7. The quantitative estimate of drug-likeness (QED) is 0.617. The van der Waals surface area contributed by atoms with Crippen molar-refractivity contribution in [1.82, 2.24) is 25.7 Å². The van der Waals surface area contributed by atoms with Crippen molar-refractivity contribution < 1.29 is 9.32 Å². The molecule has 8 heteroatoms. The smallest absolute Gasteiger partial charge is 0.255 e. The SMILES string of the molecule is CC(C)c1noc(CCCNC(=O)c2cn[nH]c2-c2ccc(Cl)cc2)n1. The summed E-state index contributed by atoms with van der Waals surface area (Å²) >= 11 is 5.91. The molecule has 0 aliphatic carbocycles. The minimum atomic E-state index is -0.183. The first-order valence-electron chi connectivity index (χ1n) is 8.44. The Hall–Kier alpha value is -2.67. The Morgan fingerprint density at radius 3 is 2.77 bits per heavy atom. The molecule has 0 aliphatic rings. The largest absolute Gasteiger partial charge is 0.352 e. The molecule has 26 heavy (non-hydrogen) atoms. The molecule has 0 spiro atoms. The van der Waals surface area contributed by atoms with Crippen LogP contribution in [0.4, 0.5) is 0 Å². The molecule has 0 unspecified atom stereocenters. The molecule has 3 aromatic rings. The molecular weight excluding hydrogens is 354 g/mol. The standard InChI is InChI=1S/C18H20ClN5O2/c1-11(2)17-22-15(26-24-17)4-3-9-20-18(25)14-10-21-23-16(14)12-5-7-13(19)8-6-12/h5-8,10-11H,3-4,9H2,1-2H3,(H,20,25)(H,21,23). The highest BCUT2D eigenvalue weighted by atomic mass is 35.5. The van der Waals surface area contributed by atoms with E-state index in [0.29, 0.717) is 47.4 Å². The average molecular weight is 374 g/mol. The first-order valence-corrected chi connectivity index (χ1v) is 8.82. The van der Waals surface area contributed by atoms with Crippen LogP contribution in [0.5, 0.6) is 0 Å². The number of carbonyl (C=O) groups excluding carboxylic acids is 1. The number of aromatic nitrogens is 4. The number of H-pyrrole nitrogens is 1. The minimum Gasteiger partial charge on any atom is -0.352 e. The predicted octanol–water partition coefficient (Wildman–Crippen LogP) is 3.60. The zero-order valence-electron chi connectivity index (χ0n) is 14.6. The second-order valence-corrected chi connectivity index (χ2v) is 6.66. The summed E-state index contributed by atoms with van der Waals surface area (Å²) in [6, 6.07) is 7.23. The van der Waals surface area contributed by atoms with Crippen molar-refractivity contribution in [2.24, 2.45) is 0 Å². The van der Waals surface area contributed by atoms with E-state index >= 15 is 0 Å². The Bertz CT molecular complexity index is 870. The fraction of sp³-hybridized carbons (Fsp3) is 0.333. The Morgan fingerprint density at radius 2 is 2.08 bits per heavy atom. The van der Waals surface area contributed by atoms with Crippen LogP contribution in [0.1, 0.15) is 48.3 Å². The Morgan fingerprint density at radius 1 is 1.31 bits per heavy atom. The second kappa shape index (κ2) is 8.14. The van der Waals surface area contributed by atoms with Crippen molar-refractivity contribution in [2.45, 2.75) is 32.6 Å². The number of aryl methyl sites for hydroxylation is 1. The summed E-state index contributed by atoms with van der Waals surface area (Å²) < 4.78 is 5.19. The van der Waals surface area contributed by atoms with E-state index in [9.17, 15) is 4.79 Å². The molecule has 0 radical (unpaired) electrons. The molecule has 0 atom stereocenters. The van der Waals surface area contributed by atoms with E-state index in [1.54, 1.807) is 12.1 Å². The molecule has 2 heterocycles. The Labute approximate surface area is 156 Å². The van der Waals surface area contributed by atoms with Gasteiger partial charge in [-0.3, -0.25) is 9.89 Å². The summed E-state index contributed by atoms with van der Waals surface area (Å²) in [5, 5.41) is 14.3. The number of nitrogens with zero attached hydrogens (tertiary/aromatic N) is 3. The molecular formula is C18H20ClN5O2. The highest BCUT2D eigenvalue weighted by Crippen LogP contribution is 2.22. The van der Waals surface area contributed by atoms with Gasteiger partial charge in [-0.15, -0.1) is 0 Å². The fourth-order valence-corrected chi connectivity index (χ4v) is 2.56. The summed E-state index contributed by atoms with van der Waals surface area (Å²) in [6.07, 6.45) is 2.85. The van der Waals surface area contributed by atoms with E-state index in [-0.39, 0.29) is 11.8 Å². The van der Waals surface area contributed by atoms with E-state index in [2.05, 4.69) is 25.7 Å². The topological polar surface area (TPSA) is 96.7 Å². The number of halogens is 1. The molecule has 0 bridgehead atoms. The second-order valence-electron chi connectivity index (χ2n) is 6.23. The number of amides is 1. The van der Waals surface area contributed by atoms with Crippen LogP contribution in [-0.4, -0.2) is 32.8 Å². The zero-order valence-corrected chi connectivity index (χ0v) is 15.4. The van der Waals surface area contributed by atoms with E-state index < -0.39 is 0 Å². The average Bonchev–Trinajstić information content (AvgIpc) is 3.29. The Balaban J connectivity index is 1.54. The van der Waals surface area contributed by atoms with Crippen molar-refractivity contribution in [3.8, 4) is 11.3 Å². The van der Waals surface area contributed by atoms with Gasteiger partial charge >= 0.3 is 0 Å². The number of aromatic amines is 1. The van der Waals surface area contributed by atoms with Crippen LogP contribution in [-0.2, 0) is 6.42 Å². The van der Waals surface area contributed by atoms with Gasteiger partial charge in [-0.1, -0.05) is 42.7 Å². The van der Waals surface area contributed by atoms with Crippen molar-refractivity contribution in [2.75, 3.05) is 6.54 Å². The molecule has 0 fully saturated rings. The van der Waals surface area contributed by atoms with Gasteiger partial charge in [-0.2, -0.15) is 10.1 Å². The minimum absolute atomic E-state index is 0.183. The van der Waals surface area contributed by atoms with Crippen LogP contribution in [0, 0.1) is 0 Å². The number of carbonyl (C=O) groups is 1. The molecule has 136 valence electrons. The number of nitrogens with one attached hydrogen (secondary N) is 2. The maximum atomic E-state index is 12.4. The molecule has 0 saturated carbocycles. The molecule has 2 aromatic heterocycles. The molecule has 1 aromatic carbocycles. The van der Waals surface area contributed by atoms with Crippen molar-refractivity contribution in [1.29, 1.82) is 0 Å². The third kappa shape index (κ3) is 4.29. The van der Waals surface area contributed by atoms with E-state index in [4.69, 9.17) is 16.1 Å².